The molecule has 0 radical (unpaired) electrons. The van der Waals surface area contributed by atoms with Gasteiger partial charge in [0.1, 0.15) is 23.0 Å². The smallest absolute Gasteiger partial charge is 0.295 e. The molecule has 1 aromatic heterocycles. The van der Waals surface area contributed by atoms with Crippen LogP contribution in [0, 0.1) is 6.92 Å². The number of ketones is 1. The number of aliphatic hydroxyl groups is 1. The van der Waals surface area contributed by atoms with Crippen molar-refractivity contribution in [3.05, 3.63) is 125 Å². The molecule has 7 heteroatoms. The van der Waals surface area contributed by atoms with Gasteiger partial charge in [-0.05, 0) is 86.0 Å². The topological polar surface area (TPSA) is 89.0 Å². The highest BCUT2D eigenvalue weighted by molar-refractivity contribution is 6.46. The lowest BCUT2D eigenvalue weighted by atomic mass is 9.94. The summed E-state index contributed by atoms with van der Waals surface area (Å²) >= 11 is 0. The number of aromatic nitrogens is 1. The molecule has 1 aliphatic rings. The van der Waals surface area contributed by atoms with Crippen LogP contribution >= 0.6 is 0 Å². The first kappa shape index (κ1) is 26.7. The predicted molar refractivity (Wildman–Crippen MR) is 152 cm³/mol. The highest BCUT2D eigenvalue weighted by Gasteiger charge is 2.46. The average molecular weight is 535 g/mol. The summed E-state index contributed by atoms with van der Waals surface area (Å²) in [4.78, 5) is 32.5. The van der Waals surface area contributed by atoms with Gasteiger partial charge in [-0.3, -0.25) is 14.6 Å². The van der Waals surface area contributed by atoms with E-state index in [1.165, 1.54) is 4.90 Å². The third-order valence-corrected chi connectivity index (χ3v) is 6.58. The summed E-state index contributed by atoms with van der Waals surface area (Å²) in [6.45, 7) is 5.89. The average Bonchev–Trinajstić information content (AvgIpc) is 3.20. The van der Waals surface area contributed by atoms with E-state index in [-0.39, 0.29) is 24.0 Å². The van der Waals surface area contributed by atoms with Gasteiger partial charge in [0.25, 0.3) is 11.7 Å². The van der Waals surface area contributed by atoms with Crippen LogP contribution in [-0.2, 0) is 16.1 Å². The van der Waals surface area contributed by atoms with E-state index in [1.807, 2.05) is 63.2 Å². The molecule has 202 valence electrons. The number of nitrogens with zero attached hydrogens (tertiary/aromatic N) is 2. The standard InChI is InChI=1S/C33H30N2O5/c1-21(2)39-28-15-14-25(17-22(28)3)31(36)29-30(35(33(38)32(29)37)20-23-9-8-16-34-19-23)24-10-7-13-27(18-24)40-26-11-5-4-6-12-26/h4-19,21,30,36H,20H2,1-3H3/t30-/m1/s1. The monoisotopic (exact) mass is 534 g/mol. The molecule has 0 aliphatic carbocycles. The highest BCUT2D eigenvalue weighted by Crippen LogP contribution is 2.41. The lowest BCUT2D eigenvalue weighted by Crippen LogP contribution is -2.29. The Labute approximate surface area is 233 Å². The molecule has 1 atom stereocenters. The Bertz CT molecular complexity index is 1560. The first-order valence-corrected chi connectivity index (χ1v) is 13.1. The van der Waals surface area contributed by atoms with Crippen molar-refractivity contribution in [3.8, 4) is 17.2 Å². The van der Waals surface area contributed by atoms with E-state index in [0.29, 0.717) is 28.4 Å². The summed E-state index contributed by atoms with van der Waals surface area (Å²) in [5.41, 5.74) is 2.64. The number of rotatable bonds is 8. The van der Waals surface area contributed by atoms with Crippen LogP contribution in [0.15, 0.2) is 103 Å². The number of aryl methyl sites for hydroxylation is 1. The molecular formula is C33H30N2O5. The largest absolute Gasteiger partial charge is 0.507 e. The molecule has 1 fully saturated rings. The summed E-state index contributed by atoms with van der Waals surface area (Å²) < 4.78 is 11.9. The van der Waals surface area contributed by atoms with Gasteiger partial charge in [0, 0.05) is 24.5 Å². The molecule has 0 bridgehead atoms. The fourth-order valence-electron chi connectivity index (χ4n) is 4.79. The number of ether oxygens (including phenoxy) is 2. The van der Waals surface area contributed by atoms with Gasteiger partial charge >= 0.3 is 0 Å². The zero-order valence-electron chi connectivity index (χ0n) is 22.6. The summed E-state index contributed by atoms with van der Waals surface area (Å²) in [6.07, 6.45) is 3.29. The van der Waals surface area contributed by atoms with E-state index >= 15 is 0 Å². The van der Waals surface area contributed by atoms with E-state index in [4.69, 9.17) is 9.47 Å². The van der Waals surface area contributed by atoms with Crippen LogP contribution in [0.5, 0.6) is 17.2 Å². The van der Waals surface area contributed by atoms with Crippen molar-refractivity contribution in [2.75, 3.05) is 0 Å². The number of aliphatic hydroxyl groups excluding tert-OH is 1. The number of hydrogen-bond donors (Lipinski definition) is 1. The Morgan fingerprint density at radius 3 is 2.42 bits per heavy atom. The number of likely N-dealkylation sites (tertiary alicyclic amines) is 1. The van der Waals surface area contributed by atoms with Gasteiger partial charge < -0.3 is 19.5 Å². The molecule has 1 N–H and O–H groups in total. The zero-order chi connectivity index (χ0) is 28.2. The Kier molecular flexibility index (Phi) is 7.64. The first-order valence-electron chi connectivity index (χ1n) is 13.1. The van der Waals surface area contributed by atoms with E-state index in [2.05, 4.69) is 4.98 Å². The minimum atomic E-state index is -0.841. The van der Waals surface area contributed by atoms with E-state index in [9.17, 15) is 14.7 Å². The van der Waals surface area contributed by atoms with Gasteiger partial charge in [0.15, 0.2) is 0 Å². The highest BCUT2D eigenvalue weighted by atomic mass is 16.5. The van der Waals surface area contributed by atoms with Crippen molar-refractivity contribution < 1.29 is 24.2 Å². The van der Waals surface area contributed by atoms with Gasteiger partial charge in [-0.25, -0.2) is 0 Å². The molecule has 5 rings (SSSR count). The lowest BCUT2D eigenvalue weighted by molar-refractivity contribution is -0.140. The molecule has 0 unspecified atom stereocenters. The summed E-state index contributed by atoms with van der Waals surface area (Å²) in [6, 6.07) is 24.6. The zero-order valence-corrected chi connectivity index (χ0v) is 22.6. The van der Waals surface area contributed by atoms with Crippen molar-refractivity contribution >= 4 is 17.4 Å². The lowest BCUT2D eigenvalue weighted by Gasteiger charge is -2.25. The molecular weight excluding hydrogens is 504 g/mol. The van der Waals surface area contributed by atoms with Crippen molar-refractivity contribution in [2.24, 2.45) is 0 Å². The van der Waals surface area contributed by atoms with Crippen LogP contribution in [0.3, 0.4) is 0 Å². The van der Waals surface area contributed by atoms with E-state index in [0.717, 1.165) is 11.1 Å². The second kappa shape index (κ2) is 11.5. The van der Waals surface area contributed by atoms with Crippen LogP contribution < -0.4 is 9.47 Å². The third kappa shape index (κ3) is 5.59. The number of hydrogen-bond acceptors (Lipinski definition) is 6. The van der Waals surface area contributed by atoms with Gasteiger partial charge in [-0.15, -0.1) is 0 Å². The van der Waals surface area contributed by atoms with Crippen molar-refractivity contribution in [2.45, 2.75) is 39.5 Å². The minimum Gasteiger partial charge on any atom is -0.507 e. The Balaban J connectivity index is 1.60. The number of pyridine rings is 1. The molecule has 2 heterocycles. The number of amides is 1. The van der Waals surface area contributed by atoms with Crippen LogP contribution in [0.4, 0.5) is 0 Å². The number of para-hydroxylation sites is 1. The fourth-order valence-corrected chi connectivity index (χ4v) is 4.79. The number of carbonyl (C=O) groups is 2. The third-order valence-electron chi connectivity index (χ3n) is 6.58. The van der Waals surface area contributed by atoms with E-state index in [1.54, 1.807) is 54.9 Å². The van der Waals surface area contributed by atoms with Crippen LogP contribution in [0.1, 0.15) is 42.1 Å². The molecule has 4 aromatic rings. The molecule has 1 amide bonds. The van der Waals surface area contributed by atoms with Crippen LogP contribution in [-0.4, -0.2) is 32.8 Å². The maximum absolute atomic E-state index is 13.5. The predicted octanol–water partition coefficient (Wildman–Crippen LogP) is 6.59. The second-order valence-corrected chi connectivity index (χ2v) is 9.92. The summed E-state index contributed by atoms with van der Waals surface area (Å²) in [7, 11) is 0. The van der Waals surface area contributed by atoms with Crippen LogP contribution in [0.25, 0.3) is 5.76 Å². The molecule has 1 aliphatic heterocycles. The van der Waals surface area contributed by atoms with Crippen molar-refractivity contribution in [3.63, 3.8) is 0 Å². The Morgan fingerprint density at radius 2 is 1.73 bits per heavy atom. The molecule has 1 saturated heterocycles. The quantitative estimate of drug-likeness (QED) is 0.156. The molecule has 0 spiro atoms. The Hall–Kier alpha value is -4.91. The van der Waals surface area contributed by atoms with Crippen molar-refractivity contribution in [1.82, 2.24) is 9.88 Å². The summed E-state index contributed by atoms with van der Waals surface area (Å²) in [5, 5.41) is 11.5. The summed E-state index contributed by atoms with van der Waals surface area (Å²) in [5.74, 6) is 0.198. The normalized spacial score (nSPS) is 16.4. The second-order valence-electron chi connectivity index (χ2n) is 9.92. The first-order chi connectivity index (χ1) is 19.3. The maximum atomic E-state index is 13.5. The van der Waals surface area contributed by atoms with Crippen molar-refractivity contribution in [1.29, 1.82) is 0 Å². The van der Waals surface area contributed by atoms with Crippen LogP contribution in [0.2, 0.25) is 0 Å². The molecule has 3 aromatic carbocycles. The maximum Gasteiger partial charge on any atom is 0.295 e. The minimum absolute atomic E-state index is 0.0127. The number of Topliss-reactive ketones (excluding diaryl/α,β-unsaturated/α-hetero) is 1. The molecule has 40 heavy (non-hydrogen) atoms. The van der Waals surface area contributed by atoms with Gasteiger partial charge in [-0.1, -0.05) is 36.4 Å². The number of carbonyl (C=O) groups excluding carboxylic acids is 2. The number of benzene rings is 3. The van der Waals surface area contributed by atoms with Gasteiger partial charge in [0.2, 0.25) is 0 Å². The van der Waals surface area contributed by atoms with Gasteiger partial charge in [-0.2, -0.15) is 0 Å². The molecule has 0 saturated carbocycles. The SMILES string of the molecule is Cc1cc(C(O)=C2C(=O)C(=O)N(Cc3cccnc3)[C@@H]2c2cccc(Oc3ccccc3)c2)ccc1OC(C)C. The van der Waals surface area contributed by atoms with E-state index < -0.39 is 17.7 Å². The fraction of sp³-hybridized carbons (Fsp3) is 0.182. The van der Waals surface area contributed by atoms with Gasteiger partial charge in [0.05, 0.1) is 17.7 Å². The Morgan fingerprint density at radius 1 is 0.950 bits per heavy atom. The molecule has 7 nitrogen and oxygen atoms in total.